The van der Waals surface area contributed by atoms with E-state index in [-0.39, 0.29) is 0 Å². The molecule has 1 aromatic rings. The van der Waals surface area contributed by atoms with Crippen LogP contribution in [0.25, 0.3) is 0 Å². The van der Waals surface area contributed by atoms with Crippen LogP contribution in [0.2, 0.25) is 0 Å². The topological polar surface area (TPSA) is 21.3 Å². The van der Waals surface area contributed by atoms with E-state index in [1.807, 2.05) is 6.07 Å². The van der Waals surface area contributed by atoms with Crippen LogP contribution in [0, 0.1) is 0 Å². The molecule has 0 radical (unpaired) electrons. The number of hydrogen-bond acceptors (Lipinski definition) is 2. The van der Waals surface area contributed by atoms with Crippen molar-refractivity contribution in [3.8, 4) is 5.75 Å². The summed E-state index contributed by atoms with van der Waals surface area (Å²) >= 11 is 0. The van der Waals surface area contributed by atoms with E-state index in [1.165, 1.54) is 24.8 Å². The molecule has 2 heteroatoms. The zero-order chi connectivity index (χ0) is 12.5. The van der Waals surface area contributed by atoms with Gasteiger partial charge in [-0.1, -0.05) is 38.8 Å². The second-order valence-electron chi connectivity index (χ2n) is 4.45. The Hall–Kier alpha value is -1.02. The number of ether oxygens (including phenoxy) is 1. The van der Waals surface area contributed by atoms with Crippen LogP contribution in [0.4, 0.5) is 0 Å². The first-order valence-electron chi connectivity index (χ1n) is 6.66. The minimum Gasteiger partial charge on any atom is -0.497 e. The average Bonchev–Trinajstić information content (AvgIpc) is 2.36. The standard InChI is InChI=1S/C15H25NO/c1-4-6-9-14(16-5-2)11-13-8-7-10-15(12-13)17-3/h7-8,10,12,14,16H,4-6,9,11H2,1-3H3. The minimum atomic E-state index is 0.590. The minimum absolute atomic E-state index is 0.590. The van der Waals surface area contributed by atoms with E-state index in [9.17, 15) is 0 Å². The highest BCUT2D eigenvalue weighted by Crippen LogP contribution is 2.15. The van der Waals surface area contributed by atoms with Crippen LogP contribution in [0.1, 0.15) is 38.7 Å². The first-order chi connectivity index (χ1) is 8.30. The van der Waals surface area contributed by atoms with Crippen molar-refractivity contribution in [2.24, 2.45) is 0 Å². The van der Waals surface area contributed by atoms with Crippen molar-refractivity contribution >= 4 is 0 Å². The number of likely N-dealkylation sites (N-methyl/N-ethyl adjacent to an activating group) is 1. The SMILES string of the molecule is CCCCC(Cc1cccc(OC)c1)NCC. The molecule has 0 aliphatic carbocycles. The van der Waals surface area contributed by atoms with E-state index in [1.54, 1.807) is 7.11 Å². The molecule has 0 aliphatic heterocycles. The summed E-state index contributed by atoms with van der Waals surface area (Å²) in [6, 6.07) is 8.97. The summed E-state index contributed by atoms with van der Waals surface area (Å²) < 4.78 is 5.26. The van der Waals surface area contributed by atoms with E-state index < -0.39 is 0 Å². The molecule has 0 spiro atoms. The van der Waals surface area contributed by atoms with E-state index in [0.717, 1.165) is 18.7 Å². The predicted molar refractivity (Wildman–Crippen MR) is 73.7 cm³/mol. The van der Waals surface area contributed by atoms with Crippen LogP contribution in [0.5, 0.6) is 5.75 Å². The van der Waals surface area contributed by atoms with Crippen LogP contribution in [0.15, 0.2) is 24.3 Å². The van der Waals surface area contributed by atoms with Crippen LogP contribution >= 0.6 is 0 Å². The largest absolute Gasteiger partial charge is 0.497 e. The summed E-state index contributed by atoms with van der Waals surface area (Å²) in [6.45, 7) is 5.46. The molecule has 1 N–H and O–H groups in total. The van der Waals surface area contributed by atoms with Crippen molar-refractivity contribution < 1.29 is 4.74 Å². The Morgan fingerprint density at radius 1 is 1.29 bits per heavy atom. The highest BCUT2D eigenvalue weighted by molar-refractivity contribution is 5.28. The third kappa shape index (κ3) is 5.22. The molecule has 0 amide bonds. The van der Waals surface area contributed by atoms with Crippen molar-refractivity contribution in [1.82, 2.24) is 5.32 Å². The number of hydrogen-bond donors (Lipinski definition) is 1. The Morgan fingerprint density at radius 2 is 2.12 bits per heavy atom. The zero-order valence-electron chi connectivity index (χ0n) is 11.3. The Kier molecular flexibility index (Phi) is 6.71. The maximum atomic E-state index is 5.26. The molecular formula is C15H25NO. The van der Waals surface area contributed by atoms with E-state index in [2.05, 4.69) is 37.4 Å². The third-order valence-electron chi connectivity index (χ3n) is 3.02. The highest BCUT2D eigenvalue weighted by atomic mass is 16.5. The van der Waals surface area contributed by atoms with Crippen LogP contribution in [0.3, 0.4) is 0 Å². The summed E-state index contributed by atoms with van der Waals surface area (Å²) in [5, 5.41) is 3.56. The van der Waals surface area contributed by atoms with Gasteiger partial charge in [-0.2, -0.15) is 0 Å². The molecule has 0 heterocycles. The number of benzene rings is 1. The lowest BCUT2D eigenvalue weighted by Gasteiger charge is -2.18. The Morgan fingerprint density at radius 3 is 2.76 bits per heavy atom. The lowest BCUT2D eigenvalue weighted by Crippen LogP contribution is -2.30. The molecule has 1 atom stereocenters. The molecule has 0 fully saturated rings. The first-order valence-corrected chi connectivity index (χ1v) is 6.66. The van der Waals surface area contributed by atoms with Gasteiger partial charge in [0, 0.05) is 6.04 Å². The molecule has 17 heavy (non-hydrogen) atoms. The van der Waals surface area contributed by atoms with E-state index in [4.69, 9.17) is 4.74 Å². The van der Waals surface area contributed by atoms with Crippen molar-refractivity contribution in [3.63, 3.8) is 0 Å². The maximum absolute atomic E-state index is 5.26. The van der Waals surface area contributed by atoms with Crippen LogP contribution in [-0.4, -0.2) is 19.7 Å². The highest BCUT2D eigenvalue weighted by Gasteiger charge is 2.08. The smallest absolute Gasteiger partial charge is 0.119 e. The van der Waals surface area contributed by atoms with Gasteiger partial charge in [-0.05, 0) is 37.1 Å². The summed E-state index contributed by atoms with van der Waals surface area (Å²) in [6.07, 6.45) is 4.90. The maximum Gasteiger partial charge on any atom is 0.119 e. The van der Waals surface area contributed by atoms with Gasteiger partial charge in [-0.25, -0.2) is 0 Å². The Labute approximate surface area is 105 Å². The van der Waals surface area contributed by atoms with E-state index in [0.29, 0.717) is 6.04 Å². The molecule has 0 aliphatic rings. The molecule has 0 aromatic heterocycles. The fourth-order valence-electron chi connectivity index (χ4n) is 2.10. The number of nitrogens with one attached hydrogen (secondary N) is 1. The monoisotopic (exact) mass is 235 g/mol. The third-order valence-corrected chi connectivity index (χ3v) is 3.02. The van der Waals surface area contributed by atoms with Crippen molar-refractivity contribution in [3.05, 3.63) is 29.8 Å². The second kappa shape index (κ2) is 8.13. The summed E-state index contributed by atoms with van der Waals surface area (Å²) in [5.74, 6) is 0.952. The van der Waals surface area contributed by atoms with Gasteiger partial charge in [0.05, 0.1) is 7.11 Å². The predicted octanol–water partition coefficient (Wildman–Crippen LogP) is 3.41. The fourth-order valence-corrected chi connectivity index (χ4v) is 2.10. The normalized spacial score (nSPS) is 12.4. The number of rotatable bonds is 8. The molecule has 1 rings (SSSR count). The molecule has 0 saturated carbocycles. The zero-order valence-corrected chi connectivity index (χ0v) is 11.3. The van der Waals surface area contributed by atoms with Gasteiger partial charge in [0.1, 0.15) is 5.75 Å². The molecule has 1 aromatic carbocycles. The van der Waals surface area contributed by atoms with Crippen molar-refractivity contribution in [2.75, 3.05) is 13.7 Å². The molecule has 2 nitrogen and oxygen atoms in total. The molecule has 0 saturated heterocycles. The van der Waals surface area contributed by atoms with Crippen molar-refractivity contribution in [1.29, 1.82) is 0 Å². The van der Waals surface area contributed by atoms with Gasteiger partial charge in [0.15, 0.2) is 0 Å². The van der Waals surface area contributed by atoms with Crippen LogP contribution in [-0.2, 0) is 6.42 Å². The van der Waals surface area contributed by atoms with Gasteiger partial charge < -0.3 is 10.1 Å². The number of unbranched alkanes of at least 4 members (excludes halogenated alkanes) is 1. The van der Waals surface area contributed by atoms with Gasteiger partial charge in [0.2, 0.25) is 0 Å². The Balaban J connectivity index is 2.57. The summed E-state index contributed by atoms with van der Waals surface area (Å²) in [4.78, 5) is 0. The average molecular weight is 235 g/mol. The number of methoxy groups -OCH3 is 1. The lowest BCUT2D eigenvalue weighted by molar-refractivity contribution is 0.413. The molecule has 1 unspecified atom stereocenters. The Bertz CT molecular complexity index is 312. The van der Waals surface area contributed by atoms with Crippen LogP contribution < -0.4 is 10.1 Å². The fraction of sp³-hybridized carbons (Fsp3) is 0.600. The van der Waals surface area contributed by atoms with Gasteiger partial charge in [-0.3, -0.25) is 0 Å². The first kappa shape index (κ1) is 14.0. The van der Waals surface area contributed by atoms with Gasteiger partial charge in [0.25, 0.3) is 0 Å². The van der Waals surface area contributed by atoms with Gasteiger partial charge in [-0.15, -0.1) is 0 Å². The molecular weight excluding hydrogens is 210 g/mol. The molecule has 96 valence electrons. The lowest BCUT2D eigenvalue weighted by atomic mass is 10.0. The van der Waals surface area contributed by atoms with Gasteiger partial charge >= 0.3 is 0 Å². The summed E-state index contributed by atoms with van der Waals surface area (Å²) in [5.41, 5.74) is 1.35. The van der Waals surface area contributed by atoms with Crippen molar-refractivity contribution in [2.45, 2.75) is 45.6 Å². The van der Waals surface area contributed by atoms with E-state index >= 15 is 0 Å². The second-order valence-corrected chi connectivity index (χ2v) is 4.45. The summed E-state index contributed by atoms with van der Waals surface area (Å²) in [7, 11) is 1.72. The quantitative estimate of drug-likeness (QED) is 0.745. The molecule has 0 bridgehead atoms.